The summed E-state index contributed by atoms with van der Waals surface area (Å²) in [4.78, 5) is 13.5. The van der Waals surface area contributed by atoms with E-state index in [0.717, 1.165) is 28.6 Å². The van der Waals surface area contributed by atoms with E-state index in [9.17, 15) is 4.79 Å². The molecule has 0 aliphatic rings. The van der Waals surface area contributed by atoms with Crippen LogP contribution in [0.15, 0.2) is 96.2 Å². The highest BCUT2D eigenvalue weighted by Gasteiger charge is 2.10. The van der Waals surface area contributed by atoms with Crippen molar-refractivity contribution in [2.24, 2.45) is 5.10 Å². The van der Waals surface area contributed by atoms with Crippen LogP contribution in [0.4, 0.5) is 0 Å². The van der Waals surface area contributed by atoms with E-state index in [0.29, 0.717) is 5.82 Å². The highest BCUT2D eigenvalue weighted by molar-refractivity contribution is 5.99. The van der Waals surface area contributed by atoms with Gasteiger partial charge in [0.1, 0.15) is 6.54 Å². The first kappa shape index (κ1) is 20.3. The molecule has 2 aromatic heterocycles. The highest BCUT2D eigenvalue weighted by Crippen LogP contribution is 2.21. The third-order valence-electron chi connectivity index (χ3n) is 5.18. The first-order chi connectivity index (χ1) is 16.3. The monoisotopic (exact) mass is 435 g/mol. The van der Waals surface area contributed by atoms with E-state index in [1.165, 1.54) is 10.4 Å². The number of para-hydroxylation sites is 1. The molecule has 0 aliphatic carbocycles. The minimum absolute atomic E-state index is 0.0764. The number of nitrogens with zero attached hydrogens (tertiary/aromatic N) is 6. The molecule has 0 saturated carbocycles. The molecule has 2 heterocycles. The zero-order valence-corrected chi connectivity index (χ0v) is 17.7. The van der Waals surface area contributed by atoms with Crippen LogP contribution in [0.5, 0.6) is 0 Å². The molecule has 0 fully saturated rings. The lowest BCUT2D eigenvalue weighted by molar-refractivity contribution is -0.122. The molecule has 1 N–H and O–H groups in total. The molecule has 0 atom stereocenters. The molecule has 33 heavy (non-hydrogen) atoms. The molecule has 8 nitrogen and oxygen atoms in total. The van der Waals surface area contributed by atoms with Gasteiger partial charge < -0.3 is 4.57 Å². The standard InChI is InChI=1S/C25H21N7O/c33-24(18-32-29-25(28-30-32)20-11-5-2-6-12-20)27-26-15-21-17-31(16-19-9-3-1-4-10-19)23-14-8-7-13-22(21)23/h1-15,17H,16,18H2,(H,27,33)/b26-15+. The van der Waals surface area contributed by atoms with Gasteiger partial charge in [-0.3, -0.25) is 4.79 Å². The van der Waals surface area contributed by atoms with Gasteiger partial charge in [-0.15, -0.1) is 10.2 Å². The zero-order valence-electron chi connectivity index (χ0n) is 17.7. The van der Waals surface area contributed by atoms with Crippen LogP contribution in [0.2, 0.25) is 0 Å². The van der Waals surface area contributed by atoms with Crippen LogP contribution in [0.25, 0.3) is 22.3 Å². The number of carbonyl (C=O) groups excluding carboxylic acids is 1. The van der Waals surface area contributed by atoms with E-state index in [1.807, 2.05) is 72.9 Å². The number of hydrazone groups is 1. The molecule has 0 saturated heterocycles. The predicted octanol–water partition coefficient (Wildman–Crippen LogP) is 3.49. The molecular weight excluding hydrogens is 414 g/mol. The second kappa shape index (κ2) is 9.27. The Morgan fingerprint density at radius 1 is 0.939 bits per heavy atom. The third kappa shape index (κ3) is 4.69. The molecule has 162 valence electrons. The Kier molecular flexibility index (Phi) is 5.71. The molecule has 0 aliphatic heterocycles. The van der Waals surface area contributed by atoms with Crippen LogP contribution >= 0.6 is 0 Å². The Labute approximate surface area is 190 Å². The van der Waals surface area contributed by atoms with Gasteiger partial charge in [0, 0.05) is 34.8 Å². The third-order valence-corrected chi connectivity index (χ3v) is 5.18. The van der Waals surface area contributed by atoms with Gasteiger partial charge in [-0.2, -0.15) is 9.90 Å². The number of hydrogen-bond acceptors (Lipinski definition) is 5. The minimum Gasteiger partial charge on any atom is -0.342 e. The Morgan fingerprint density at radius 2 is 1.67 bits per heavy atom. The predicted molar refractivity (Wildman–Crippen MR) is 126 cm³/mol. The number of hydrogen-bond donors (Lipinski definition) is 1. The first-order valence-corrected chi connectivity index (χ1v) is 10.5. The van der Waals surface area contributed by atoms with Crippen molar-refractivity contribution >= 4 is 23.0 Å². The van der Waals surface area contributed by atoms with Crippen LogP contribution in [0, 0.1) is 0 Å². The second-order valence-electron chi connectivity index (χ2n) is 7.52. The number of tetrazole rings is 1. The minimum atomic E-state index is -0.337. The van der Waals surface area contributed by atoms with Crippen molar-refractivity contribution in [2.45, 2.75) is 13.1 Å². The molecule has 0 spiro atoms. The lowest BCUT2D eigenvalue weighted by Crippen LogP contribution is -2.24. The van der Waals surface area contributed by atoms with Gasteiger partial charge in [0.2, 0.25) is 5.82 Å². The van der Waals surface area contributed by atoms with E-state index in [4.69, 9.17) is 0 Å². The summed E-state index contributed by atoms with van der Waals surface area (Å²) >= 11 is 0. The number of amides is 1. The molecule has 0 unspecified atom stereocenters. The fraction of sp³-hybridized carbons (Fsp3) is 0.0800. The zero-order chi connectivity index (χ0) is 22.5. The summed E-state index contributed by atoms with van der Waals surface area (Å²) in [5, 5.41) is 17.4. The number of carbonyl (C=O) groups is 1. The summed E-state index contributed by atoms with van der Waals surface area (Å²) in [7, 11) is 0. The van der Waals surface area contributed by atoms with Crippen molar-refractivity contribution < 1.29 is 4.79 Å². The van der Waals surface area contributed by atoms with Crippen molar-refractivity contribution in [1.82, 2.24) is 30.2 Å². The Bertz CT molecular complexity index is 1400. The molecule has 5 aromatic rings. The van der Waals surface area contributed by atoms with E-state index < -0.39 is 0 Å². The molecule has 5 rings (SSSR count). The lowest BCUT2D eigenvalue weighted by Gasteiger charge is -2.05. The number of aromatic nitrogens is 5. The maximum atomic E-state index is 12.3. The van der Waals surface area contributed by atoms with Crippen LogP contribution in [0.3, 0.4) is 0 Å². The largest absolute Gasteiger partial charge is 0.342 e. The van der Waals surface area contributed by atoms with E-state index >= 15 is 0 Å². The smallest absolute Gasteiger partial charge is 0.263 e. The van der Waals surface area contributed by atoms with E-state index in [-0.39, 0.29) is 12.5 Å². The van der Waals surface area contributed by atoms with Crippen LogP contribution in [-0.4, -0.2) is 36.9 Å². The Morgan fingerprint density at radius 3 is 2.48 bits per heavy atom. The molecule has 8 heteroatoms. The average molecular weight is 435 g/mol. The average Bonchev–Trinajstić information content (AvgIpc) is 3.46. The maximum Gasteiger partial charge on any atom is 0.263 e. The molecular formula is C25H21N7O. The summed E-state index contributed by atoms with van der Waals surface area (Å²) in [6.07, 6.45) is 3.70. The first-order valence-electron chi connectivity index (χ1n) is 10.5. The quantitative estimate of drug-likeness (QED) is 0.313. The van der Waals surface area contributed by atoms with Crippen LogP contribution < -0.4 is 5.43 Å². The lowest BCUT2D eigenvalue weighted by atomic mass is 10.2. The van der Waals surface area contributed by atoms with Gasteiger partial charge in [0.25, 0.3) is 5.91 Å². The maximum absolute atomic E-state index is 12.3. The molecule has 1 amide bonds. The van der Waals surface area contributed by atoms with Gasteiger partial charge in [0.05, 0.1) is 6.21 Å². The van der Waals surface area contributed by atoms with Crippen LogP contribution in [0.1, 0.15) is 11.1 Å². The highest BCUT2D eigenvalue weighted by atomic mass is 16.2. The van der Waals surface area contributed by atoms with E-state index in [2.05, 4.69) is 48.7 Å². The van der Waals surface area contributed by atoms with E-state index in [1.54, 1.807) is 6.21 Å². The van der Waals surface area contributed by atoms with Crippen molar-refractivity contribution in [3.8, 4) is 11.4 Å². The van der Waals surface area contributed by atoms with Crippen molar-refractivity contribution in [3.05, 3.63) is 102 Å². The number of nitrogens with one attached hydrogen (secondary N) is 1. The summed E-state index contributed by atoms with van der Waals surface area (Å²) in [5.41, 5.74) is 6.63. The Hall–Kier alpha value is -4.59. The Balaban J connectivity index is 1.26. The topological polar surface area (TPSA) is 90.0 Å². The van der Waals surface area contributed by atoms with Crippen molar-refractivity contribution in [2.75, 3.05) is 0 Å². The SMILES string of the molecule is O=C(Cn1nnc(-c2ccccc2)n1)N/N=C/c1cn(Cc2ccccc2)c2ccccc12. The molecule has 0 bridgehead atoms. The van der Waals surface area contributed by atoms with Crippen molar-refractivity contribution in [3.63, 3.8) is 0 Å². The van der Waals surface area contributed by atoms with Gasteiger partial charge >= 0.3 is 0 Å². The molecule has 0 radical (unpaired) electrons. The normalized spacial score (nSPS) is 11.3. The van der Waals surface area contributed by atoms with Crippen LogP contribution in [-0.2, 0) is 17.9 Å². The molecule has 3 aromatic carbocycles. The summed E-state index contributed by atoms with van der Waals surface area (Å²) in [5.74, 6) is 0.134. The van der Waals surface area contributed by atoms with Crippen molar-refractivity contribution in [1.29, 1.82) is 0 Å². The summed E-state index contributed by atoms with van der Waals surface area (Å²) in [6, 6.07) is 27.9. The summed E-state index contributed by atoms with van der Waals surface area (Å²) < 4.78 is 2.18. The number of rotatable bonds is 7. The van der Waals surface area contributed by atoms with Gasteiger partial charge in [-0.1, -0.05) is 78.9 Å². The summed E-state index contributed by atoms with van der Waals surface area (Å²) in [6.45, 7) is 0.677. The number of benzene rings is 3. The fourth-order valence-electron chi connectivity index (χ4n) is 3.64. The fourth-order valence-corrected chi connectivity index (χ4v) is 3.64. The number of fused-ring (bicyclic) bond motifs is 1. The van der Waals surface area contributed by atoms with Gasteiger partial charge in [-0.25, -0.2) is 5.43 Å². The van der Waals surface area contributed by atoms with Gasteiger partial charge in [-0.05, 0) is 16.8 Å². The van der Waals surface area contributed by atoms with Gasteiger partial charge in [0.15, 0.2) is 0 Å². The second-order valence-corrected chi connectivity index (χ2v) is 7.52.